The van der Waals surface area contributed by atoms with E-state index >= 15 is 0 Å². The zero-order valence-electron chi connectivity index (χ0n) is 4.67. The predicted octanol–water partition coefficient (Wildman–Crippen LogP) is 1.90. The van der Waals surface area contributed by atoms with Crippen LogP contribution in [0.4, 0.5) is 0 Å². The van der Waals surface area contributed by atoms with Crippen LogP contribution in [0.3, 0.4) is 0 Å². The summed E-state index contributed by atoms with van der Waals surface area (Å²) in [6.07, 6.45) is 10.1. The minimum absolute atomic E-state index is 0.713. The molecule has 40 valence electrons. The van der Waals surface area contributed by atoms with Gasteiger partial charge in [-0.15, -0.1) is 5.73 Å². The third-order valence-electron chi connectivity index (χ3n) is 1.77. The highest BCUT2D eigenvalue weighted by Crippen LogP contribution is 2.27. The van der Waals surface area contributed by atoms with E-state index in [0.29, 0.717) is 11.8 Å². The number of rotatable bonds is 0. The Kier molecular flexibility index (Phi) is 0.712. The van der Waals surface area contributed by atoms with Crippen LogP contribution in [-0.4, -0.2) is 0 Å². The number of hydrogen-bond acceptors (Lipinski definition) is 0. The van der Waals surface area contributed by atoms with E-state index in [2.05, 4.69) is 30.0 Å². The Morgan fingerprint density at radius 1 is 1.12 bits per heavy atom. The van der Waals surface area contributed by atoms with Gasteiger partial charge in [-0.05, 0) is 18.6 Å². The average Bonchev–Trinajstić information content (AvgIpc) is 2.12. The molecule has 0 saturated heterocycles. The highest BCUT2D eigenvalue weighted by Gasteiger charge is 2.15. The second-order valence-corrected chi connectivity index (χ2v) is 2.45. The molecule has 2 rings (SSSR count). The van der Waals surface area contributed by atoms with Crippen LogP contribution in [0.15, 0.2) is 30.0 Å². The summed E-state index contributed by atoms with van der Waals surface area (Å²) in [6, 6.07) is 0. The highest BCUT2D eigenvalue weighted by molar-refractivity contribution is 5.18. The van der Waals surface area contributed by atoms with E-state index in [9.17, 15) is 0 Å². The third-order valence-corrected chi connectivity index (χ3v) is 1.77. The summed E-state index contributed by atoms with van der Waals surface area (Å²) in [6.45, 7) is 0. The average molecular weight is 104 g/mol. The first-order valence-corrected chi connectivity index (χ1v) is 3.06. The molecule has 2 bridgehead atoms. The fraction of sp³-hybridized carbons (Fsp3) is 0.375. The molecule has 0 aromatic heterocycles. The summed E-state index contributed by atoms with van der Waals surface area (Å²) < 4.78 is 0. The zero-order valence-corrected chi connectivity index (χ0v) is 4.67. The molecular weight excluding hydrogens is 96.1 g/mol. The fourth-order valence-electron chi connectivity index (χ4n) is 1.31. The molecule has 0 radical (unpaired) electrons. The van der Waals surface area contributed by atoms with Gasteiger partial charge in [0.05, 0.1) is 0 Å². The van der Waals surface area contributed by atoms with Crippen molar-refractivity contribution in [1.29, 1.82) is 0 Å². The molecule has 0 spiro atoms. The molecule has 0 saturated carbocycles. The molecule has 2 aliphatic rings. The lowest BCUT2D eigenvalue weighted by atomic mass is 10.00. The lowest BCUT2D eigenvalue weighted by molar-refractivity contribution is 0.665. The first-order valence-electron chi connectivity index (χ1n) is 3.06. The number of fused-ring (bicyclic) bond motifs is 2. The van der Waals surface area contributed by atoms with Crippen molar-refractivity contribution in [2.75, 3.05) is 0 Å². The van der Waals surface area contributed by atoms with Gasteiger partial charge in [0.1, 0.15) is 0 Å². The van der Waals surface area contributed by atoms with Crippen molar-refractivity contribution in [3.8, 4) is 0 Å². The molecular formula is C8H8. The quantitative estimate of drug-likeness (QED) is 0.325. The molecule has 0 heteroatoms. The minimum Gasteiger partial charge on any atom is -0.128 e. The van der Waals surface area contributed by atoms with Crippen molar-refractivity contribution in [3.05, 3.63) is 30.0 Å². The van der Waals surface area contributed by atoms with Crippen LogP contribution in [0.5, 0.6) is 0 Å². The standard InChI is InChI=1S/C8H8/c1-2-7-4-5-8(3-1)6-7/h2-5,7-8H,6H2. The number of allylic oxidation sites excluding steroid dienone is 3. The Hall–Kier alpha value is -0.740. The first kappa shape index (κ1) is 4.17. The van der Waals surface area contributed by atoms with E-state index in [1.54, 1.807) is 0 Å². The Bertz CT molecular complexity index is 164. The van der Waals surface area contributed by atoms with Crippen LogP contribution in [-0.2, 0) is 0 Å². The van der Waals surface area contributed by atoms with E-state index in [1.807, 2.05) is 0 Å². The second-order valence-electron chi connectivity index (χ2n) is 2.45. The van der Waals surface area contributed by atoms with Crippen molar-refractivity contribution in [2.45, 2.75) is 6.42 Å². The van der Waals surface area contributed by atoms with Gasteiger partial charge in [0.2, 0.25) is 0 Å². The van der Waals surface area contributed by atoms with Gasteiger partial charge in [-0.2, -0.15) is 0 Å². The normalized spacial score (nSPS) is 39.0. The summed E-state index contributed by atoms with van der Waals surface area (Å²) in [5.74, 6) is 1.43. The maximum atomic E-state index is 3.13. The molecule has 2 aliphatic carbocycles. The fourth-order valence-corrected chi connectivity index (χ4v) is 1.31. The predicted molar refractivity (Wildman–Crippen MR) is 33.4 cm³/mol. The molecule has 2 atom stereocenters. The monoisotopic (exact) mass is 104 g/mol. The summed E-state index contributed by atoms with van der Waals surface area (Å²) >= 11 is 0. The molecule has 0 N–H and O–H groups in total. The van der Waals surface area contributed by atoms with Gasteiger partial charge in [0.25, 0.3) is 0 Å². The van der Waals surface area contributed by atoms with Gasteiger partial charge < -0.3 is 0 Å². The first-order chi connectivity index (χ1) is 3.95. The molecule has 2 unspecified atom stereocenters. The van der Waals surface area contributed by atoms with E-state index in [1.165, 1.54) is 6.42 Å². The maximum absolute atomic E-state index is 3.13. The highest BCUT2D eigenvalue weighted by atomic mass is 14.2. The Morgan fingerprint density at radius 2 is 1.75 bits per heavy atom. The van der Waals surface area contributed by atoms with Crippen LogP contribution in [0.1, 0.15) is 6.42 Å². The summed E-state index contributed by atoms with van der Waals surface area (Å²) in [5, 5.41) is 0. The van der Waals surface area contributed by atoms with Crippen LogP contribution in [0, 0.1) is 11.8 Å². The summed E-state index contributed by atoms with van der Waals surface area (Å²) in [4.78, 5) is 0. The van der Waals surface area contributed by atoms with Gasteiger partial charge >= 0.3 is 0 Å². The van der Waals surface area contributed by atoms with Gasteiger partial charge in [-0.1, -0.05) is 12.2 Å². The van der Waals surface area contributed by atoms with Gasteiger partial charge in [0.15, 0.2) is 0 Å². The molecule has 0 heterocycles. The Morgan fingerprint density at radius 3 is 2.25 bits per heavy atom. The smallest absolute Gasteiger partial charge is 0.00313 e. The van der Waals surface area contributed by atoms with E-state index < -0.39 is 0 Å². The molecule has 0 fully saturated rings. The molecule has 0 amide bonds. The molecule has 0 aromatic rings. The zero-order chi connectivity index (χ0) is 5.40. The third kappa shape index (κ3) is 0.469. The van der Waals surface area contributed by atoms with Crippen molar-refractivity contribution in [3.63, 3.8) is 0 Å². The van der Waals surface area contributed by atoms with E-state index in [0.717, 1.165) is 0 Å². The van der Waals surface area contributed by atoms with Gasteiger partial charge in [-0.25, -0.2) is 0 Å². The van der Waals surface area contributed by atoms with Crippen molar-refractivity contribution >= 4 is 0 Å². The van der Waals surface area contributed by atoms with E-state index in [-0.39, 0.29) is 0 Å². The van der Waals surface area contributed by atoms with Crippen LogP contribution in [0.2, 0.25) is 0 Å². The Balaban J connectivity index is 2.44. The second kappa shape index (κ2) is 1.37. The van der Waals surface area contributed by atoms with Crippen molar-refractivity contribution in [2.24, 2.45) is 11.8 Å². The SMILES string of the molecule is C1=CC2C=CC(C=1)C2. The van der Waals surface area contributed by atoms with Crippen LogP contribution < -0.4 is 0 Å². The molecule has 8 heavy (non-hydrogen) atoms. The van der Waals surface area contributed by atoms with Gasteiger partial charge in [-0.3, -0.25) is 0 Å². The number of hydrogen-bond donors (Lipinski definition) is 0. The topological polar surface area (TPSA) is 0 Å². The van der Waals surface area contributed by atoms with Crippen molar-refractivity contribution < 1.29 is 0 Å². The largest absolute Gasteiger partial charge is 0.128 e. The van der Waals surface area contributed by atoms with E-state index in [4.69, 9.17) is 0 Å². The lowest BCUT2D eigenvalue weighted by Gasteiger charge is -2.04. The Labute approximate surface area is 49.2 Å². The molecule has 0 aliphatic heterocycles. The molecule has 0 nitrogen and oxygen atoms in total. The van der Waals surface area contributed by atoms with Crippen LogP contribution >= 0.6 is 0 Å². The summed E-state index contributed by atoms with van der Waals surface area (Å²) in [7, 11) is 0. The lowest BCUT2D eigenvalue weighted by Crippen LogP contribution is -1.94. The maximum Gasteiger partial charge on any atom is 0.00313 e. The summed E-state index contributed by atoms with van der Waals surface area (Å²) in [5.41, 5.74) is 3.13. The minimum atomic E-state index is 0.713. The van der Waals surface area contributed by atoms with Gasteiger partial charge in [0, 0.05) is 11.8 Å². The van der Waals surface area contributed by atoms with Crippen molar-refractivity contribution in [1.82, 2.24) is 0 Å². The molecule has 0 aromatic carbocycles. The van der Waals surface area contributed by atoms with Crippen LogP contribution in [0.25, 0.3) is 0 Å².